The van der Waals surface area contributed by atoms with Gasteiger partial charge in [-0.25, -0.2) is 15.0 Å². The van der Waals surface area contributed by atoms with E-state index in [0.717, 1.165) is 11.3 Å². The van der Waals surface area contributed by atoms with Crippen molar-refractivity contribution in [1.29, 1.82) is 0 Å². The van der Waals surface area contributed by atoms with Gasteiger partial charge in [-0.1, -0.05) is 12.1 Å². The van der Waals surface area contributed by atoms with Gasteiger partial charge in [-0.05, 0) is 17.7 Å². The zero-order valence-electron chi connectivity index (χ0n) is 15.8. The molecule has 3 heterocycles. The molecule has 4 atom stereocenters. The predicted molar refractivity (Wildman–Crippen MR) is 98.1 cm³/mol. The Morgan fingerprint density at radius 3 is 2.66 bits per heavy atom. The molecule has 0 amide bonds. The van der Waals surface area contributed by atoms with Crippen molar-refractivity contribution in [2.45, 2.75) is 31.1 Å². The highest BCUT2D eigenvalue weighted by molar-refractivity contribution is 5.34. The standard InChI is InChI=1S/C18H23N5O6/c1-27-11-4-2-10(3-5-11)7-28-23-9-21-17-13(16(23)19)20-8-22(17)18-15(26)14(25)12(6-24)29-18/h2-5,8,12,14-15,18,24-26H,6-7,9,19H2,1H3/t12-,14-,15-,18-/m1/s1. The van der Waals surface area contributed by atoms with Crippen LogP contribution in [0.2, 0.25) is 0 Å². The average Bonchev–Trinajstić information content (AvgIpc) is 3.29. The molecule has 0 spiro atoms. The zero-order chi connectivity index (χ0) is 20.5. The third-order valence-corrected chi connectivity index (χ3v) is 4.97. The molecule has 29 heavy (non-hydrogen) atoms. The average molecular weight is 405 g/mol. The van der Waals surface area contributed by atoms with E-state index in [1.807, 2.05) is 24.3 Å². The van der Waals surface area contributed by atoms with Crippen LogP contribution in [-0.2, 0) is 16.2 Å². The molecule has 1 aromatic heterocycles. The van der Waals surface area contributed by atoms with E-state index in [9.17, 15) is 15.3 Å². The fourth-order valence-corrected chi connectivity index (χ4v) is 3.30. The molecule has 11 heteroatoms. The Morgan fingerprint density at radius 1 is 1.24 bits per heavy atom. The first-order valence-corrected chi connectivity index (χ1v) is 9.06. The molecular weight excluding hydrogens is 382 g/mol. The van der Waals surface area contributed by atoms with E-state index in [2.05, 4.69) is 9.98 Å². The lowest BCUT2D eigenvalue weighted by Crippen LogP contribution is -2.47. The molecule has 5 N–H and O–H groups in total. The first kappa shape index (κ1) is 19.6. The van der Waals surface area contributed by atoms with Gasteiger partial charge in [-0.2, -0.15) is 0 Å². The Kier molecular flexibility index (Phi) is 5.39. The van der Waals surface area contributed by atoms with Crippen molar-refractivity contribution >= 4 is 5.82 Å². The Balaban J connectivity index is 1.52. The summed E-state index contributed by atoms with van der Waals surface area (Å²) in [5.74, 6) is 1.03. The minimum Gasteiger partial charge on any atom is -0.497 e. The van der Waals surface area contributed by atoms with Crippen LogP contribution in [0.1, 0.15) is 11.8 Å². The van der Waals surface area contributed by atoms with Crippen molar-refractivity contribution in [1.82, 2.24) is 14.6 Å². The SMILES string of the molecule is COc1ccc(CON2CN=c3c(ncn3[C@@H]3O[C@H](CO)[C@@H](O)[C@H]3O)=C2N)cc1. The number of hydrogen-bond donors (Lipinski definition) is 4. The topological polar surface area (TPSA) is 148 Å². The maximum atomic E-state index is 10.2. The minimum atomic E-state index is -1.23. The van der Waals surface area contributed by atoms with E-state index < -0.39 is 31.1 Å². The van der Waals surface area contributed by atoms with Crippen LogP contribution in [0.3, 0.4) is 0 Å². The van der Waals surface area contributed by atoms with Crippen LogP contribution in [0.4, 0.5) is 0 Å². The van der Waals surface area contributed by atoms with Gasteiger partial charge in [0.05, 0.1) is 20.0 Å². The highest BCUT2D eigenvalue weighted by Gasteiger charge is 2.43. The number of hydroxylamine groups is 2. The Morgan fingerprint density at radius 2 is 2.00 bits per heavy atom. The van der Waals surface area contributed by atoms with Crippen molar-refractivity contribution in [3.63, 3.8) is 0 Å². The van der Waals surface area contributed by atoms with Crippen LogP contribution in [0, 0.1) is 0 Å². The lowest BCUT2D eigenvalue weighted by atomic mass is 10.1. The minimum absolute atomic E-state index is 0.121. The second-order valence-electron chi connectivity index (χ2n) is 6.74. The molecule has 2 aromatic rings. The van der Waals surface area contributed by atoms with Crippen molar-refractivity contribution in [3.05, 3.63) is 47.0 Å². The van der Waals surface area contributed by atoms with E-state index in [-0.39, 0.29) is 19.1 Å². The van der Waals surface area contributed by atoms with Gasteiger partial charge < -0.3 is 30.5 Å². The summed E-state index contributed by atoms with van der Waals surface area (Å²) in [5.41, 5.74) is 7.53. The number of imidazole rings is 1. The summed E-state index contributed by atoms with van der Waals surface area (Å²) in [7, 11) is 1.60. The highest BCUT2D eigenvalue weighted by Crippen LogP contribution is 2.27. The van der Waals surface area contributed by atoms with Gasteiger partial charge in [0.15, 0.2) is 17.5 Å². The quantitative estimate of drug-likeness (QED) is 0.411. The Bertz CT molecular complexity index is 978. The summed E-state index contributed by atoms with van der Waals surface area (Å²) < 4.78 is 12.2. The Hall–Kier alpha value is -2.70. The first-order chi connectivity index (χ1) is 14.0. The maximum absolute atomic E-state index is 10.2. The van der Waals surface area contributed by atoms with Crippen molar-refractivity contribution in [2.24, 2.45) is 10.7 Å². The number of aromatic nitrogens is 2. The molecule has 0 aliphatic carbocycles. The van der Waals surface area contributed by atoms with Crippen LogP contribution in [0.25, 0.3) is 5.82 Å². The van der Waals surface area contributed by atoms with Crippen LogP contribution in [-0.4, -0.2) is 68.6 Å². The lowest BCUT2D eigenvalue weighted by molar-refractivity contribution is -0.124. The van der Waals surface area contributed by atoms with Gasteiger partial charge in [0.25, 0.3) is 0 Å². The molecule has 2 aliphatic heterocycles. The number of nitrogens with zero attached hydrogens (tertiary/aromatic N) is 4. The maximum Gasteiger partial charge on any atom is 0.165 e. The Labute approximate surface area is 165 Å². The summed E-state index contributed by atoms with van der Waals surface area (Å²) in [4.78, 5) is 14.4. The molecule has 156 valence electrons. The third-order valence-electron chi connectivity index (χ3n) is 4.97. The second kappa shape index (κ2) is 7.97. The van der Waals surface area contributed by atoms with Crippen molar-refractivity contribution < 1.29 is 29.6 Å². The van der Waals surface area contributed by atoms with Gasteiger partial charge >= 0.3 is 0 Å². The molecule has 1 aromatic carbocycles. The molecule has 11 nitrogen and oxygen atoms in total. The van der Waals surface area contributed by atoms with Crippen LogP contribution in [0.15, 0.2) is 35.6 Å². The van der Waals surface area contributed by atoms with Gasteiger partial charge in [0, 0.05) is 0 Å². The largest absolute Gasteiger partial charge is 0.497 e. The molecule has 2 aliphatic rings. The molecule has 0 unspecified atom stereocenters. The second-order valence-corrected chi connectivity index (χ2v) is 6.74. The number of fused-ring (bicyclic) bond motifs is 1. The number of benzene rings is 1. The zero-order valence-corrected chi connectivity index (χ0v) is 15.8. The summed E-state index contributed by atoms with van der Waals surface area (Å²) >= 11 is 0. The van der Waals surface area contributed by atoms with E-state index in [0.29, 0.717) is 10.8 Å². The fourth-order valence-electron chi connectivity index (χ4n) is 3.30. The smallest absolute Gasteiger partial charge is 0.165 e. The van der Waals surface area contributed by atoms with E-state index in [1.54, 1.807) is 7.11 Å². The number of ether oxygens (including phenoxy) is 2. The van der Waals surface area contributed by atoms with Gasteiger partial charge in [0.2, 0.25) is 0 Å². The predicted octanol–water partition coefficient (Wildman–Crippen LogP) is -2.45. The van der Waals surface area contributed by atoms with Gasteiger partial charge in [-0.3, -0.25) is 9.40 Å². The molecule has 1 saturated heterocycles. The molecule has 0 saturated carbocycles. The summed E-state index contributed by atoms with van der Waals surface area (Å²) in [5, 5.41) is 31.3. The third kappa shape index (κ3) is 3.54. The first-order valence-electron chi connectivity index (χ1n) is 9.06. The molecule has 0 radical (unpaired) electrons. The molecular formula is C18H23N5O6. The lowest BCUT2D eigenvalue weighted by Gasteiger charge is -2.24. The molecule has 0 bridgehead atoms. The fraction of sp³-hybridized carbons (Fsp3) is 0.444. The van der Waals surface area contributed by atoms with Gasteiger partial charge in [0.1, 0.15) is 42.7 Å². The highest BCUT2D eigenvalue weighted by atomic mass is 16.7. The number of rotatable bonds is 6. The van der Waals surface area contributed by atoms with Crippen molar-refractivity contribution in [2.75, 3.05) is 20.4 Å². The van der Waals surface area contributed by atoms with Crippen LogP contribution < -0.4 is 21.3 Å². The van der Waals surface area contributed by atoms with E-state index >= 15 is 0 Å². The molecule has 1 fully saturated rings. The summed E-state index contributed by atoms with van der Waals surface area (Å²) in [6, 6.07) is 7.45. The molecule has 4 rings (SSSR count). The van der Waals surface area contributed by atoms with Crippen molar-refractivity contribution in [3.8, 4) is 5.75 Å². The number of aliphatic hydroxyl groups excluding tert-OH is 3. The summed E-state index contributed by atoms with van der Waals surface area (Å²) in [6.07, 6.45) is -2.83. The normalized spacial score (nSPS) is 26.3. The number of nitrogens with two attached hydrogens (primary N) is 1. The number of hydrogen-bond acceptors (Lipinski definition) is 10. The van der Waals surface area contributed by atoms with E-state index in [4.69, 9.17) is 20.0 Å². The van der Waals surface area contributed by atoms with Crippen LogP contribution >= 0.6 is 0 Å². The van der Waals surface area contributed by atoms with Gasteiger partial charge in [-0.15, -0.1) is 0 Å². The monoisotopic (exact) mass is 405 g/mol. The number of methoxy groups -OCH3 is 1. The summed E-state index contributed by atoms with van der Waals surface area (Å²) in [6.45, 7) is -0.00937. The van der Waals surface area contributed by atoms with Crippen LogP contribution in [0.5, 0.6) is 5.75 Å². The van der Waals surface area contributed by atoms with E-state index in [1.165, 1.54) is 16.0 Å². The number of aliphatic hydroxyl groups is 3.